The molecule has 1 aliphatic rings. The van der Waals surface area contributed by atoms with E-state index in [0.29, 0.717) is 11.8 Å². The summed E-state index contributed by atoms with van der Waals surface area (Å²) in [6.07, 6.45) is 3.97. The Hall–Kier alpha value is -1.20. The van der Waals surface area contributed by atoms with Gasteiger partial charge in [0.15, 0.2) is 5.96 Å². The van der Waals surface area contributed by atoms with Gasteiger partial charge >= 0.3 is 0 Å². The van der Waals surface area contributed by atoms with Crippen LogP contribution in [0, 0.1) is 0 Å². The van der Waals surface area contributed by atoms with Crippen LogP contribution >= 0.6 is 11.8 Å². The van der Waals surface area contributed by atoms with Crippen molar-refractivity contribution in [3.63, 3.8) is 0 Å². The van der Waals surface area contributed by atoms with Crippen LogP contribution in [-0.4, -0.2) is 41.6 Å². The van der Waals surface area contributed by atoms with Crippen LogP contribution < -0.4 is 10.6 Å². The van der Waals surface area contributed by atoms with Gasteiger partial charge < -0.3 is 15.7 Å². The summed E-state index contributed by atoms with van der Waals surface area (Å²) in [7, 11) is 0. The zero-order chi connectivity index (χ0) is 16.5. The van der Waals surface area contributed by atoms with Gasteiger partial charge in [-0.1, -0.05) is 38.0 Å². The third-order valence-electron chi connectivity index (χ3n) is 4.05. The maximum absolute atomic E-state index is 10.4. The molecule has 0 spiro atoms. The SMILES string of the molecule is CCNC(=NCC1(O)CCCC1)NCC(C)Sc1ccccc1. The van der Waals surface area contributed by atoms with Crippen LogP contribution in [-0.2, 0) is 0 Å². The van der Waals surface area contributed by atoms with Gasteiger partial charge in [-0.05, 0) is 31.9 Å². The molecule has 1 saturated carbocycles. The lowest BCUT2D eigenvalue weighted by atomic mass is 10.0. The van der Waals surface area contributed by atoms with E-state index in [-0.39, 0.29) is 0 Å². The topological polar surface area (TPSA) is 56.7 Å². The maximum Gasteiger partial charge on any atom is 0.191 e. The molecule has 1 fully saturated rings. The highest BCUT2D eigenvalue weighted by atomic mass is 32.2. The Morgan fingerprint density at radius 3 is 2.61 bits per heavy atom. The summed E-state index contributed by atoms with van der Waals surface area (Å²) in [6, 6.07) is 10.4. The minimum atomic E-state index is -0.591. The number of aliphatic imine (C=N–C) groups is 1. The quantitative estimate of drug-likeness (QED) is 0.407. The van der Waals surface area contributed by atoms with Crippen LogP contribution in [0.2, 0.25) is 0 Å². The molecule has 0 aromatic heterocycles. The molecule has 1 aromatic rings. The average molecular weight is 336 g/mol. The third-order valence-corrected chi connectivity index (χ3v) is 5.16. The number of nitrogens with zero attached hydrogens (tertiary/aromatic N) is 1. The van der Waals surface area contributed by atoms with Gasteiger partial charge in [0.25, 0.3) is 0 Å². The Morgan fingerprint density at radius 1 is 1.26 bits per heavy atom. The Bertz CT molecular complexity index is 486. The number of thioether (sulfide) groups is 1. The van der Waals surface area contributed by atoms with Gasteiger partial charge in [0.05, 0.1) is 12.1 Å². The number of rotatable bonds is 7. The first-order valence-corrected chi connectivity index (χ1v) is 9.45. The van der Waals surface area contributed by atoms with Crippen LogP contribution in [0.25, 0.3) is 0 Å². The zero-order valence-electron chi connectivity index (χ0n) is 14.2. The molecule has 0 heterocycles. The van der Waals surface area contributed by atoms with Crippen LogP contribution in [0.5, 0.6) is 0 Å². The first-order chi connectivity index (χ1) is 11.1. The normalized spacial score (nSPS) is 18.7. The fourth-order valence-corrected chi connectivity index (χ4v) is 3.72. The van der Waals surface area contributed by atoms with Gasteiger partial charge in [0.2, 0.25) is 0 Å². The lowest BCUT2D eigenvalue weighted by molar-refractivity contribution is 0.0574. The summed E-state index contributed by atoms with van der Waals surface area (Å²) in [4.78, 5) is 5.86. The standard InChI is InChI=1S/C18H29N3OS/c1-3-19-17(21-14-18(22)11-7-8-12-18)20-13-15(2)23-16-9-5-4-6-10-16/h4-6,9-10,15,22H,3,7-8,11-14H2,1-2H3,(H2,19,20,21). The predicted octanol–water partition coefficient (Wildman–Crippen LogP) is 3.03. The second-order valence-electron chi connectivity index (χ2n) is 6.25. The van der Waals surface area contributed by atoms with E-state index in [1.165, 1.54) is 4.90 Å². The summed E-state index contributed by atoms with van der Waals surface area (Å²) in [5.74, 6) is 0.799. The molecule has 3 N–H and O–H groups in total. The van der Waals surface area contributed by atoms with Gasteiger partial charge in [-0.3, -0.25) is 4.99 Å². The van der Waals surface area contributed by atoms with Crippen molar-refractivity contribution >= 4 is 17.7 Å². The van der Waals surface area contributed by atoms with Gasteiger partial charge in [-0.25, -0.2) is 0 Å². The monoisotopic (exact) mass is 335 g/mol. The minimum absolute atomic E-state index is 0.441. The summed E-state index contributed by atoms with van der Waals surface area (Å²) >= 11 is 1.85. The van der Waals surface area contributed by atoms with E-state index >= 15 is 0 Å². The fraction of sp³-hybridized carbons (Fsp3) is 0.611. The van der Waals surface area contributed by atoms with Crippen molar-refractivity contribution in [3.8, 4) is 0 Å². The van der Waals surface area contributed by atoms with Crippen molar-refractivity contribution in [2.75, 3.05) is 19.6 Å². The molecule has 0 aliphatic heterocycles. The molecule has 1 atom stereocenters. The zero-order valence-corrected chi connectivity index (χ0v) is 15.0. The third kappa shape index (κ3) is 6.43. The molecule has 1 aromatic carbocycles. The van der Waals surface area contributed by atoms with Crippen molar-refractivity contribution in [1.29, 1.82) is 0 Å². The van der Waals surface area contributed by atoms with Crippen molar-refractivity contribution in [1.82, 2.24) is 10.6 Å². The molecule has 0 saturated heterocycles. The van der Waals surface area contributed by atoms with E-state index in [1.54, 1.807) is 0 Å². The molecular weight excluding hydrogens is 306 g/mol. The molecule has 5 heteroatoms. The van der Waals surface area contributed by atoms with Gasteiger partial charge in [0.1, 0.15) is 0 Å². The predicted molar refractivity (Wildman–Crippen MR) is 99.2 cm³/mol. The van der Waals surface area contributed by atoms with E-state index in [4.69, 9.17) is 0 Å². The highest BCUT2D eigenvalue weighted by Gasteiger charge is 2.30. The summed E-state index contributed by atoms with van der Waals surface area (Å²) in [5, 5.41) is 17.5. The average Bonchev–Trinajstić information content (AvgIpc) is 2.98. The molecule has 23 heavy (non-hydrogen) atoms. The van der Waals surface area contributed by atoms with E-state index in [9.17, 15) is 5.11 Å². The van der Waals surface area contributed by atoms with Crippen LogP contribution in [0.15, 0.2) is 40.2 Å². The lowest BCUT2D eigenvalue weighted by Gasteiger charge is -2.21. The largest absolute Gasteiger partial charge is 0.388 e. The Labute approximate surface area is 144 Å². The van der Waals surface area contributed by atoms with E-state index < -0.39 is 5.60 Å². The summed E-state index contributed by atoms with van der Waals surface area (Å²) in [5.41, 5.74) is -0.591. The molecule has 128 valence electrons. The van der Waals surface area contributed by atoms with Crippen molar-refractivity contribution in [3.05, 3.63) is 30.3 Å². The number of hydrogen-bond donors (Lipinski definition) is 3. The van der Waals surface area contributed by atoms with E-state index in [0.717, 1.165) is 44.7 Å². The minimum Gasteiger partial charge on any atom is -0.388 e. The van der Waals surface area contributed by atoms with Crippen LogP contribution in [0.3, 0.4) is 0 Å². The Balaban J connectivity index is 1.81. The second-order valence-corrected chi connectivity index (χ2v) is 7.76. The van der Waals surface area contributed by atoms with Crippen molar-refractivity contribution in [2.45, 2.75) is 55.3 Å². The van der Waals surface area contributed by atoms with Crippen molar-refractivity contribution in [2.24, 2.45) is 4.99 Å². The summed E-state index contributed by atoms with van der Waals surface area (Å²) < 4.78 is 0. The van der Waals surface area contributed by atoms with E-state index in [1.807, 2.05) is 17.8 Å². The van der Waals surface area contributed by atoms with Gasteiger partial charge in [-0.2, -0.15) is 0 Å². The molecule has 1 aliphatic carbocycles. The smallest absolute Gasteiger partial charge is 0.191 e. The Kier molecular flexibility index (Phi) is 7.24. The molecular formula is C18H29N3OS. The first-order valence-electron chi connectivity index (χ1n) is 8.57. The molecule has 2 rings (SSSR count). The second kappa shape index (κ2) is 9.18. The molecule has 0 bridgehead atoms. The lowest BCUT2D eigenvalue weighted by Crippen LogP contribution is -2.41. The van der Waals surface area contributed by atoms with E-state index in [2.05, 4.69) is 53.7 Å². The molecule has 0 amide bonds. The highest BCUT2D eigenvalue weighted by molar-refractivity contribution is 8.00. The van der Waals surface area contributed by atoms with Gasteiger partial charge in [0, 0.05) is 23.2 Å². The number of nitrogens with one attached hydrogen (secondary N) is 2. The summed E-state index contributed by atoms with van der Waals surface area (Å²) in [6.45, 7) is 6.42. The molecule has 1 unspecified atom stereocenters. The number of guanidine groups is 1. The first kappa shape index (κ1) is 18.1. The number of benzene rings is 1. The van der Waals surface area contributed by atoms with Gasteiger partial charge in [-0.15, -0.1) is 11.8 Å². The maximum atomic E-state index is 10.4. The number of aliphatic hydroxyl groups is 1. The Morgan fingerprint density at radius 2 is 1.96 bits per heavy atom. The van der Waals surface area contributed by atoms with Crippen LogP contribution in [0.1, 0.15) is 39.5 Å². The van der Waals surface area contributed by atoms with Crippen molar-refractivity contribution < 1.29 is 5.11 Å². The highest BCUT2D eigenvalue weighted by Crippen LogP contribution is 2.29. The number of hydrogen-bond acceptors (Lipinski definition) is 3. The molecule has 0 radical (unpaired) electrons. The fourth-order valence-electron chi connectivity index (χ4n) is 2.77. The molecule has 4 nitrogen and oxygen atoms in total. The van der Waals surface area contributed by atoms with Crippen LogP contribution in [0.4, 0.5) is 0 Å².